The van der Waals surface area contributed by atoms with Gasteiger partial charge in [-0.1, -0.05) is 6.92 Å². The van der Waals surface area contributed by atoms with Gasteiger partial charge in [-0.25, -0.2) is 4.79 Å². The molecule has 1 fully saturated rings. The predicted molar refractivity (Wildman–Crippen MR) is 58.3 cm³/mol. The molecule has 2 unspecified atom stereocenters. The standard InChI is InChI=1S/C11H13N3O3/c1-7-3-5-14(9(7)11(16)17)10(15)8-2-4-12-13-6-8/h2,4,6-7,9H,3,5H2,1H3,(H,16,17). The highest BCUT2D eigenvalue weighted by atomic mass is 16.4. The van der Waals surface area contributed by atoms with Crippen molar-refractivity contribution in [2.45, 2.75) is 19.4 Å². The fourth-order valence-corrected chi connectivity index (χ4v) is 2.13. The van der Waals surface area contributed by atoms with Crippen LogP contribution in [-0.2, 0) is 4.79 Å². The van der Waals surface area contributed by atoms with Crippen LogP contribution in [0.25, 0.3) is 0 Å². The molecule has 1 saturated heterocycles. The fourth-order valence-electron chi connectivity index (χ4n) is 2.13. The Kier molecular flexibility index (Phi) is 3.03. The average Bonchev–Trinajstić information content (AvgIpc) is 2.71. The molecule has 0 bridgehead atoms. The van der Waals surface area contributed by atoms with E-state index in [1.54, 1.807) is 0 Å². The Bertz CT molecular complexity index is 435. The summed E-state index contributed by atoms with van der Waals surface area (Å²) in [5, 5.41) is 16.3. The van der Waals surface area contributed by atoms with Crippen LogP contribution in [0.5, 0.6) is 0 Å². The minimum Gasteiger partial charge on any atom is -0.480 e. The monoisotopic (exact) mass is 235 g/mol. The molecule has 0 aromatic carbocycles. The molecular weight excluding hydrogens is 222 g/mol. The van der Waals surface area contributed by atoms with Gasteiger partial charge >= 0.3 is 5.97 Å². The maximum Gasteiger partial charge on any atom is 0.326 e. The van der Waals surface area contributed by atoms with Crippen molar-refractivity contribution in [3.8, 4) is 0 Å². The molecular formula is C11H13N3O3. The average molecular weight is 235 g/mol. The van der Waals surface area contributed by atoms with Gasteiger partial charge in [0.2, 0.25) is 0 Å². The largest absolute Gasteiger partial charge is 0.480 e. The molecule has 1 amide bonds. The minimum absolute atomic E-state index is 0.0220. The molecule has 2 atom stereocenters. The van der Waals surface area contributed by atoms with E-state index in [0.717, 1.165) is 0 Å². The number of amides is 1. The molecule has 0 spiro atoms. The summed E-state index contributed by atoms with van der Waals surface area (Å²) in [5.41, 5.74) is 0.375. The lowest BCUT2D eigenvalue weighted by Gasteiger charge is -2.23. The second kappa shape index (κ2) is 4.48. The Labute approximate surface area is 98.3 Å². The van der Waals surface area contributed by atoms with E-state index in [1.165, 1.54) is 23.4 Å². The van der Waals surface area contributed by atoms with Crippen LogP contribution in [0.15, 0.2) is 18.5 Å². The summed E-state index contributed by atoms with van der Waals surface area (Å²) in [6.45, 7) is 2.32. The minimum atomic E-state index is -0.953. The van der Waals surface area contributed by atoms with E-state index >= 15 is 0 Å². The smallest absolute Gasteiger partial charge is 0.326 e. The summed E-state index contributed by atoms with van der Waals surface area (Å²) in [6, 6.07) is 0.799. The van der Waals surface area contributed by atoms with Gasteiger partial charge in [-0.05, 0) is 18.4 Å². The third kappa shape index (κ3) is 2.11. The molecule has 1 aromatic heterocycles. The number of hydrogen-bond acceptors (Lipinski definition) is 4. The van der Waals surface area contributed by atoms with Crippen LogP contribution in [0, 0.1) is 5.92 Å². The van der Waals surface area contributed by atoms with Gasteiger partial charge in [0.05, 0.1) is 18.0 Å². The first-order valence-electron chi connectivity index (χ1n) is 5.41. The molecule has 0 aliphatic carbocycles. The number of nitrogens with zero attached hydrogens (tertiary/aromatic N) is 3. The SMILES string of the molecule is CC1CCN(C(=O)c2ccnnc2)C1C(=O)O. The van der Waals surface area contributed by atoms with E-state index in [2.05, 4.69) is 10.2 Å². The highest BCUT2D eigenvalue weighted by Gasteiger charge is 2.39. The van der Waals surface area contributed by atoms with Gasteiger partial charge in [-0.3, -0.25) is 4.79 Å². The van der Waals surface area contributed by atoms with Gasteiger partial charge in [0.15, 0.2) is 0 Å². The number of aliphatic carboxylic acids is 1. The Morgan fingerprint density at radius 3 is 2.82 bits per heavy atom. The maximum atomic E-state index is 12.1. The molecule has 0 radical (unpaired) electrons. The highest BCUT2D eigenvalue weighted by Crippen LogP contribution is 2.25. The Balaban J connectivity index is 2.23. The summed E-state index contributed by atoms with van der Waals surface area (Å²) in [5.74, 6) is -1.27. The zero-order valence-corrected chi connectivity index (χ0v) is 9.41. The first kappa shape index (κ1) is 11.5. The first-order chi connectivity index (χ1) is 8.11. The van der Waals surface area contributed by atoms with Gasteiger partial charge in [0.25, 0.3) is 5.91 Å². The van der Waals surface area contributed by atoms with Crippen LogP contribution >= 0.6 is 0 Å². The lowest BCUT2D eigenvalue weighted by Crippen LogP contribution is -2.42. The van der Waals surface area contributed by atoms with Gasteiger partial charge in [-0.15, -0.1) is 0 Å². The lowest BCUT2D eigenvalue weighted by atomic mass is 10.0. The number of carboxylic acids is 1. The highest BCUT2D eigenvalue weighted by molar-refractivity contribution is 5.96. The molecule has 2 rings (SSSR count). The van der Waals surface area contributed by atoms with Crippen LogP contribution < -0.4 is 0 Å². The third-order valence-corrected chi connectivity index (χ3v) is 3.05. The molecule has 1 aliphatic rings. The van der Waals surface area contributed by atoms with Crippen LogP contribution in [-0.4, -0.2) is 44.7 Å². The van der Waals surface area contributed by atoms with Crippen molar-refractivity contribution in [2.24, 2.45) is 5.92 Å². The van der Waals surface area contributed by atoms with Gasteiger partial charge in [-0.2, -0.15) is 10.2 Å². The quantitative estimate of drug-likeness (QED) is 0.802. The number of carbonyl (C=O) groups excluding carboxylic acids is 1. The van der Waals surface area contributed by atoms with Crippen molar-refractivity contribution in [2.75, 3.05) is 6.54 Å². The Morgan fingerprint density at radius 2 is 2.24 bits per heavy atom. The lowest BCUT2D eigenvalue weighted by molar-refractivity contribution is -0.142. The van der Waals surface area contributed by atoms with Gasteiger partial charge in [0, 0.05) is 6.54 Å². The normalized spacial score (nSPS) is 23.7. The molecule has 6 nitrogen and oxygen atoms in total. The molecule has 90 valence electrons. The summed E-state index contributed by atoms with van der Waals surface area (Å²) >= 11 is 0. The van der Waals surface area contributed by atoms with Crippen molar-refractivity contribution in [3.63, 3.8) is 0 Å². The van der Waals surface area contributed by atoms with E-state index in [4.69, 9.17) is 5.11 Å². The zero-order chi connectivity index (χ0) is 12.4. The van der Waals surface area contributed by atoms with Crippen molar-refractivity contribution in [1.82, 2.24) is 15.1 Å². The van der Waals surface area contributed by atoms with Crippen LogP contribution in [0.2, 0.25) is 0 Å². The molecule has 17 heavy (non-hydrogen) atoms. The fraction of sp³-hybridized carbons (Fsp3) is 0.455. The third-order valence-electron chi connectivity index (χ3n) is 3.05. The first-order valence-corrected chi connectivity index (χ1v) is 5.41. The molecule has 1 aromatic rings. The van der Waals surface area contributed by atoms with E-state index in [0.29, 0.717) is 18.5 Å². The van der Waals surface area contributed by atoms with Crippen molar-refractivity contribution < 1.29 is 14.7 Å². The van der Waals surface area contributed by atoms with Crippen molar-refractivity contribution in [1.29, 1.82) is 0 Å². The number of carboxylic acid groups (broad SMARTS) is 1. The number of likely N-dealkylation sites (tertiary alicyclic amines) is 1. The summed E-state index contributed by atoms with van der Waals surface area (Å²) in [7, 11) is 0. The van der Waals surface area contributed by atoms with Crippen LogP contribution in [0.3, 0.4) is 0 Å². The Morgan fingerprint density at radius 1 is 1.47 bits per heavy atom. The van der Waals surface area contributed by atoms with E-state index in [-0.39, 0.29) is 11.8 Å². The van der Waals surface area contributed by atoms with Crippen LogP contribution in [0.4, 0.5) is 0 Å². The molecule has 0 saturated carbocycles. The second-order valence-electron chi connectivity index (χ2n) is 4.18. The zero-order valence-electron chi connectivity index (χ0n) is 9.41. The summed E-state index contributed by atoms with van der Waals surface area (Å²) in [6.07, 6.45) is 3.48. The summed E-state index contributed by atoms with van der Waals surface area (Å²) in [4.78, 5) is 24.6. The molecule has 1 N–H and O–H groups in total. The maximum absolute atomic E-state index is 12.1. The number of carbonyl (C=O) groups is 2. The van der Waals surface area contributed by atoms with Gasteiger partial charge in [0.1, 0.15) is 6.04 Å². The molecule has 6 heteroatoms. The van der Waals surface area contributed by atoms with E-state index in [9.17, 15) is 9.59 Å². The Hall–Kier alpha value is -1.98. The molecule has 1 aliphatic heterocycles. The number of aromatic nitrogens is 2. The number of rotatable bonds is 2. The van der Waals surface area contributed by atoms with E-state index in [1.807, 2.05) is 6.92 Å². The molecule has 2 heterocycles. The van der Waals surface area contributed by atoms with Crippen LogP contribution in [0.1, 0.15) is 23.7 Å². The van der Waals surface area contributed by atoms with Crippen molar-refractivity contribution in [3.05, 3.63) is 24.0 Å². The number of hydrogen-bond donors (Lipinski definition) is 1. The summed E-state index contributed by atoms with van der Waals surface area (Å²) < 4.78 is 0. The van der Waals surface area contributed by atoms with Crippen molar-refractivity contribution >= 4 is 11.9 Å². The predicted octanol–water partition coefficient (Wildman–Crippen LogP) is 0.412. The second-order valence-corrected chi connectivity index (χ2v) is 4.18. The topological polar surface area (TPSA) is 83.4 Å². The van der Waals surface area contributed by atoms with E-state index < -0.39 is 12.0 Å². The van der Waals surface area contributed by atoms with Gasteiger partial charge < -0.3 is 10.0 Å².